The number of nitro groups is 2. The molecular weight excluding hydrogens is 264 g/mol. The van der Waals surface area contributed by atoms with Gasteiger partial charge in [0.05, 0.1) is 0 Å². The normalized spacial score (nSPS) is 24.6. The number of para-hydroxylation sites is 1. The Morgan fingerprint density at radius 3 is 2.55 bits per heavy atom. The first-order valence-corrected chi connectivity index (χ1v) is 6.55. The second-order valence-electron chi connectivity index (χ2n) is 4.88. The van der Waals surface area contributed by atoms with Crippen molar-refractivity contribution < 1.29 is 14.6 Å². The van der Waals surface area contributed by atoms with Crippen molar-refractivity contribution in [2.45, 2.75) is 37.8 Å². The van der Waals surface area contributed by atoms with Crippen LogP contribution in [-0.4, -0.2) is 28.5 Å². The second-order valence-corrected chi connectivity index (χ2v) is 4.88. The molecule has 7 heteroatoms. The minimum Gasteiger partial charge on any atom is -0.483 e. The third-order valence-electron chi connectivity index (χ3n) is 3.55. The zero-order valence-corrected chi connectivity index (χ0v) is 11.1. The molecule has 0 spiro atoms. The van der Waals surface area contributed by atoms with Crippen molar-refractivity contribution >= 4 is 0 Å². The molecule has 1 heterocycles. The molecule has 0 aromatic heterocycles. The van der Waals surface area contributed by atoms with Gasteiger partial charge in [0, 0.05) is 15.4 Å². The highest BCUT2D eigenvalue weighted by Gasteiger charge is 2.48. The average molecular weight is 280 g/mol. The van der Waals surface area contributed by atoms with Gasteiger partial charge in [-0.2, -0.15) is 0 Å². The Bertz CT molecular complexity index is 519. The predicted molar refractivity (Wildman–Crippen MR) is 71.2 cm³/mol. The summed E-state index contributed by atoms with van der Waals surface area (Å²) in [4.78, 5) is 21.3. The molecule has 0 bridgehead atoms. The molecule has 1 aromatic rings. The predicted octanol–water partition coefficient (Wildman–Crippen LogP) is 2.25. The lowest BCUT2D eigenvalue weighted by Crippen LogP contribution is -2.47. The standard InChI is InChI=1S/C13H16N2O5/c1-2-5-12-13(15(18)19)10(8-14(16)17)9-6-3-4-7-11(9)20-12/h3-4,6-7,10,12-13H,2,5,8H2,1H3/t10-,12+,13+/m1/s1. The molecule has 2 rings (SSSR count). The first-order chi connectivity index (χ1) is 9.54. The molecule has 0 fully saturated rings. The maximum atomic E-state index is 11.3. The average Bonchev–Trinajstić information content (AvgIpc) is 2.38. The van der Waals surface area contributed by atoms with Crippen LogP contribution in [0.2, 0.25) is 0 Å². The van der Waals surface area contributed by atoms with Crippen LogP contribution in [0.3, 0.4) is 0 Å². The van der Waals surface area contributed by atoms with Gasteiger partial charge in [-0.15, -0.1) is 0 Å². The summed E-state index contributed by atoms with van der Waals surface area (Å²) in [6.07, 6.45) is 0.617. The van der Waals surface area contributed by atoms with E-state index in [1.165, 1.54) is 0 Å². The van der Waals surface area contributed by atoms with E-state index < -0.39 is 34.5 Å². The van der Waals surface area contributed by atoms with Crippen molar-refractivity contribution in [2.75, 3.05) is 6.54 Å². The van der Waals surface area contributed by atoms with Crippen LogP contribution in [0.15, 0.2) is 24.3 Å². The summed E-state index contributed by atoms with van der Waals surface area (Å²) in [6, 6.07) is 5.78. The molecule has 0 saturated carbocycles. The Hall–Kier alpha value is -2.18. The Kier molecular flexibility index (Phi) is 4.16. The van der Waals surface area contributed by atoms with Gasteiger partial charge in [0.25, 0.3) is 6.04 Å². The Labute approximate surface area is 115 Å². The van der Waals surface area contributed by atoms with Crippen LogP contribution in [0.4, 0.5) is 0 Å². The maximum absolute atomic E-state index is 11.3. The topological polar surface area (TPSA) is 95.5 Å². The van der Waals surface area contributed by atoms with E-state index in [2.05, 4.69) is 0 Å². The monoisotopic (exact) mass is 280 g/mol. The molecule has 7 nitrogen and oxygen atoms in total. The van der Waals surface area contributed by atoms with Gasteiger partial charge < -0.3 is 4.74 Å². The highest BCUT2D eigenvalue weighted by atomic mass is 16.6. The number of hydrogen-bond acceptors (Lipinski definition) is 5. The fraction of sp³-hybridized carbons (Fsp3) is 0.538. The first kappa shape index (κ1) is 14.2. The van der Waals surface area contributed by atoms with Crippen LogP contribution in [0.25, 0.3) is 0 Å². The van der Waals surface area contributed by atoms with Crippen molar-refractivity contribution in [3.05, 3.63) is 50.1 Å². The van der Waals surface area contributed by atoms with Crippen LogP contribution in [0.1, 0.15) is 31.2 Å². The Balaban J connectivity index is 2.44. The number of rotatable bonds is 5. The van der Waals surface area contributed by atoms with E-state index in [4.69, 9.17) is 4.74 Å². The van der Waals surface area contributed by atoms with Crippen LogP contribution in [0.5, 0.6) is 5.75 Å². The fourth-order valence-electron chi connectivity index (χ4n) is 2.73. The van der Waals surface area contributed by atoms with Gasteiger partial charge in [0.2, 0.25) is 6.54 Å². The van der Waals surface area contributed by atoms with Crippen LogP contribution >= 0.6 is 0 Å². The summed E-state index contributed by atoms with van der Waals surface area (Å²) >= 11 is 0. The molecule has 0 unspecified atom stereocenters. The van der Waals surface area contributed by atoms with E-state index in [0.29, 0.717) is 17.7 Å². The molecule has 1 aromatic carbocycles. The van der Waals surface area contributed by atoms with E-state index in [1.807, 2.05) is 6.92 Å². The number of hydrogen-bond donors (Lipinski definition) is 0. The van der Waals surface area contributed by atoms with Crippen LogP contribution < -0.4 is 4.74 Å². The number of ether oxygens (including phenoxy) is 1. The zero-order chi connectivity index (χ0) is 14.7. The lowest BCUT2D eigenvalue weighted by Gasteiger charge is -2.32. The highest BCUT2D eigenvalue weighted by molar-refractivity contribution is 5.39. The summed E-state index contributed by atoms with van der Waals surface area (Å²) in [7, 11) is 0. The van der Waals surface area contributed by atoms with E-state index in [1.54, 1.807) is 24.3 Å². The molecule has 0 amide bonds. The van der Waals surface area contributed by atoms with Crippen molar-refractivity contribution in [3.63, 3.8) is 0 Å². The number of nitrogens with zero attached hydrogens (tertiary/aromatic N) is 2. The number of benzene rings is 1. The molecule has 20 heavy (non-hydrogen) atoms. The first-order valence-electron chi connectivity index (χ1n) is 6.55. The third kappa shape index (κ3) is 2.71. The molecule has 1 aliphatic heterocycles. The summed E-state index contributed by atoms with van der Waals surface area (Å²) in [5.41, 5.74) is 0.554. The van der Waals surface area contributed by atoms with Gasteiger partial charge in [-0.05, 0) is 12.5 Å². The fourth-order valence-corrected chi connectivity index (χ4v) is 2.73. The summed E-state index contributed by atoms with van der Waals surface area (Å²) < 4.78 is 5.69. The minimum atomic E-state index is -1.07. The Morgan fingerprint density at radius 2 is 1.95 bits per heavy atom. The Morgan fingerprint density at radius 1 is 1.25 bits per heavy atom. The van der Waals surface area contributed by atoms with Crippen LogP contribution in [-0.2, 0) is 0 Å². The molecule has 0 radical (unpaired) electrons. The highest BCUT2D eigenvalue weighted by Crippen LogP contribution is 2.38. The molecule has 0 N–H and O–H groups in total. The lowest BCUT2D eigenvalue weighted by atomic mass is 9.84. The quantitative estimate of drug-likeness (QED) is 0.608. The molecule has 108 valence electrons. The van der Waals surface area contributed by atoms with Gasteiger partial charge in [0.1, 0.15) is 11.7 Å². The second kappa shape index (κ2) is 5.85. The van der Waals surface area contributed by atoms with Crippen molar-refractivity contribution in [1.82, 2.24) is 0 Å². The minimum absolute atomic E-state index is 0.440. The van der Waals surface area contributed by atoms with Crippen molar-refractivity contribution in [2.24, 2.45) is 0 Å². The van der Waals surface area contributed by atoms with Gasteiger partial charge >= 0.3 is 0 Å². The van der Waals surface area contributed by atoms with E-state index in [-0.39, 0.29) is 0 Å². The zero-order valence-electron chi connectivity index (χ0n) is 11.1. The maximum Gasteiger partial charge on any atom is 0.262 e. The van der Waals surface area contributed by atoms with Gasteiger partial charge in [-0.25, -0.2) is 0 Å². The molecule has 0 saturated heterocycles. The summed E-state index contributed by atoms with van der Waals surface area (Å²) in [6.45, 7) is 1.45. The van der Waals surface area contributed by atoms with Crippen LogP contribution in [0, 0.1) is 20.2 Å². The van der Waals surface area contributed by atoms with Crippen molar-refractivity contribution in [3.8, 4) is 5.75 Å². The van der Waals surface area contributed by atoms with E-state index in [9.17, 15) is 20.2 Å². The third-order valence-corrected chi connectivity index (χ3v) is 3.55. The molecule has 3 atom stereocenters. The number of fused-ring (bicyclic) bond motifs is 1. The smallest absolute Gasteiger partial charge is 0.262 e. The van der Waals surface area contributed by atoms with Gasteiger partial charge in [-0.3, -0.25) is 20.2 Å². The molecular formula is C13H16N2O5. The van der Waals surface area contributed by atoms with E-state index in [0.717, 1.165) is 6.42 Å². The lowest BCUT2D eigenvalue weighted by molar-refractivity contribution is -0.557. The van der Waals surface area contributed by atoms with Gasteiger partial charge in [-0.1, -0.05) is 31.5 Å². The summed E-state index contributed by atoms with van der Waals surface area (Å²) in [5, 5.41) is 22.2. The largest absolute Gasteiger partial charge is 0.483 e. The SMILES string of the molecule is CCC[C@@H]1Oc2ccccc2[C@@H](C[N+](=O)[O-])[C@@H]1[N+](=O)[O-]. The summed E-state index contributed by atoms with van der Waals surface area (Å²) in [5.74, 6) is -0.225. The molecule has 0 aliphatic carbocycles. The van der Waals surface area contributed by atoms with E-state index >= 15 is 0 Å². The van der Waals surface area contributed by atoms with Gasteiger partial charge in [0.15, 0.2) is 6.10 Å². The van der Waals surface area contributed by atoms with Crippen molar-refractivity contribution in [1.29, 1.82) is 0 Å². The molecule has 1 aliphatic rings.